The van der Waals surface area contributed by atoms with Crippen LogP contribution < -0.4 is 16.0 Å². The second kappa shape index (κ2) is 7.82. The molecular weight excluding hydrogens is 304 g/mol. The second-order valence-corrected chi connectivity index (χ2v) is 6.19. The summed E-state index contributed by atoms with van der Waals surface area (Å²) in [5, 5.41) is 18.0. The monoisotopic (exact) mass is 328 g/mol. The van der Waals surface area contributed by atoms with Crippen molar-refractivity contribution in [2.45, 2.75) is 45.1 Å². The third kappa shape index (κ3) is 4.25. The lowest BCUT2D eigenvalue weighted by Crippen LogP contribution is -2.47. The first-order valence-electron chi connectivity index (χ1n) is 8.34. The lowest BCUT2D eigenvalue weighted by molar-refractivity contribution is -0.120. The third-order valence-corrected chi connectivity index (χ3v) is 4.33. The van der Waals surface area contributed by atoms with Crippen LogP contribution >= 0.6 is 0 Å². The Balaban J connectivity index is 1.98. The van der Waals surface area contributed by atoms with Crippen LogP contribution in [0, 0.1) is 18.3 Å². The molecule has 0 heterocycles. The van der Waals surface area contributed by atoms with Crippen LogP contribution in [0.5, 0.6) is 0 Å². The van der Waals surface area contributed by atoms with Crippen LogP contribution in [-0.2, 0) is 4.79 Å². The third-order valence-electron chi connectivity index (χ3n) is 4.33. The summed E-state index contributed by atoms with van der Waals surface area (Å²) >= 11 is 0. The van der Waals surface area contributed by atoms with E-state index in [0.717, 1.165) is 24.1 Å². The van der Waals surface area contributed by atoms with Crippen LogP contribution in [0.2, 0.25) is 0 Å². The van der Waals surface area contributed by atoms with Crippen LogP contribution in [-0.4, -0.2) is 30.4 Å². The van der Waals surface area contributed by atoms with Crippen molar-refractivity contribution in [3.8, 4) is 6.07 Å². The van der Waals surface area contributed by atoms with Gasteiger partial charge >= 0.3 is 0 Å². The fourth-order valence-corrected chi connectivity index (χ4v) is 2.95. The van der Waals surface area contributed by atoms with Gasteiger partial charge in [-0.2, -0.15) is 5.26 Å². The molecule has 0 aliphatic heterocycles. The summed E-state index contributed by atoms with van der Waals surface area (Å²) in [6.45, 7) is 4.41. The predicted molar refractivity (Wildman–Crippen MR) is 92.6 cm³/mol. The molecule has 0 spiro atoms. The smallest absolute Gasteiger partial charge is 0.251 e. The minimum atomic E-state index is -0.712. The Hall–Kier alpha value is -2.55. The summed E-state index contributed by atoms with van der Waals surface area (Å²) in [5.41, 5.74) is 1.53. The van der Waals surface area contributed by atoms with Crippen molar-refractivity contribution in [2.75, 3.05) is 18.4 Å². The first-order chi connectivity index (χ1) is 11.5. The largest absolute Gasteiger partial charge is 0.376 e. The summed E-state index contributed by atoms with van der Waals surface area (Å²) in [4.78, 5) is 24.1. The average Bonchev–Trinajstić information content (AvgIpc) is 3.03. The lowest BCUT2D eigenvalue weighted by Gasteiger charge is -2.22. The van der Waals surface area contributed by atoms with E-state index in [-0.39, 0.29) is 18.4 Å². The van der Waals surface area contributed by atoms with Crippen LogP contribution in [0.1, 0.15) is 48.5 Å². The number of nitrogens with one attached hydrogen (secondary N) is 3. The maximum Gasteiger partial charge on any atom is 0.251 e. The van der Waals surface area contributed by atoms with E-state index in [1.54, 1.807) is 12.1 Å². The first-order valence-corrected chi connectivity index (χ1v) is 8.34. The molecule has 2 rings (SSSR count). The first kappa shape index (κ1) is 17.8. The number of carbonyl (C=O) groups is 2. The molecular formula is C18H24N4O2. The highest BCUT2D eigenvalue weighted by molar-refractivity contribution is 5.95. The Morgan fingerprint density at radius 3 is 2.62 bits per heavy atom. The van der Waals surface area contributed by atoms with Crippen molar-refractivity contribution in [1.82, 2.24) is 10.6 Å². The molecule has 128 valence electrons. The molecule has 24 heavy (non-hydrogen) atoms. The van der Waals surface area contributed by atoms with Gasteiger partial charge in [0.1, 0.15) is 5.54 Å². The topological polar surface area (TPSA) is 94.0 Å². The van der Waals surface area contributed by atoms with Crippen molar-refractivity contribution < 1.29 is 9.59 Å². The van der Waals surface area contributed by atoms with E-state index >= 15 is 0 Å². The van der Waals surface area contributed by atoms with Crippen molar-refractivity contribution in [3.05, 3.63) is 29.3 Å². The number of aryl methyl sites for hydroxylation is 1. The molecule has 3 N–H and O–H groups in total. The zero-order chi connectivity index (χ0) is 17.6. The second-order valence-electron chi connectivity index (χ2n) is 6.19. The summed E-state index contributed by atoms with van der Waals surface area (Å²) < 4.78 is 0. The normalized spacial score (nSPS) is 15.4. The number of nitriles is 1. The van der Waals surface area contributed by atoms with E-state index in [1.807, 2.05) is 19.9 Å². The SMILES string of the molecule is CCNC(=O)c1ccc(C)c(NCC(=O)NC2(C#N)CCCC2)c1. The average molecular weight is 328 g/mol. The van der Waals surface area contributed by atoms with Crippen molar-refractivity contribution in [1.29, 1.82) is 5.26 Å². The Kier molecular flexibility index (Phi) is 5.80. The number of benzene rings is 1. The zero-order valence-corrected chi connectivity index (χ0v) is 14.2. The number of hydrogen-bond acceptors (Lipinski definition) is 4. The minimum absolute atomic E-state index is 0.0725. The van der Waals surface area contributed by atoms with Gasteiger partial charge in [-0.1, -0.05) is 6.07 Å². The standard InChI is InChI=1S/C18H24N4O2/c1-3-20-17(24)14-7-6-13(2)15(10-14)21-11-16(23)22-18(12-19)8-4-5-9-18/h6-7,10,21H,3-5,8-9,11H2,1-2H3,(H,20,24)(H,22,23). The van der Waals surface area contributed by atoms with Gasteiger partial charge in [-0.25, -0.2) is 0 Å². The van der Waals surface area contributed by atoms with Gasteiger partial charge in [-0.3, -0.25) is 9.59 Å². The Morgan fingerprint density at radius 1 is 1.29 bits per heavy atom. The molecule has 1 aliphatic carbocycles. The Morgan fingerprint density at radius 2 is 2.00 bits per heavy atom. The molecule has 1 aliphatic rings. The van der Waals surface area contributed by atoms with E-state index in [0.29, 0.717) is 24.9 Å². The highest BCUT2D eigenvalue weighted by Crippen LogP contribution is 2.28. The zero-order valence-electron chi connectivity index (χ0n) is 14.2. The van der Waals surface area contributed by atoms with Gasteiger partial charge in [-0.05, 0) is 57.2 Å². The number of amides is 2. The van der Waals surface area contributed by atoms with Crippen molar-refractivity contribution >= 4 is 17.5 Å². The summed E-state index contributed by atoms with van der Waals surface area (Å²) in [6, 6.07) is 7.59. The number of carbonyl (C=O) groups excluding carboxylic acids is 2. The van der Waals surface area contributed by atoms with Crippen LogP contribution in [0.4, 0.5) is 5.69 Å². The van der Waals surface area contributed by atoms with Crippen molar-refractivity contribution in [3.63, 3.8) is 0 Å². The highest BCUT2D eigenvalue weighted by Gasteiger charge is 2.35. The van der Waals surface area contributed by atoms with Crippen molar-refractivity contribution in [2.24, 2.45) is 0 Å². The van der Waals surface area contributed by atoms with E-state index in [1.165, 1.54) is 0 Å². The summed E-state index contributed by atoms with van der Waals surface area (Å²) in [6.07, 6.45) is 3.35. The molecule has 1 aromatic rings. The molecule has 1 aromatic carbocycles. The lowest BCUT2D eigenvalue weighted by atomic mass is 10.00. The fraction of sp³-hybridized carbons (Fsp3) is 0.500. The minimum Gasteiger partial charge on any atom is -0.376 e. The molecule has 1 saturated carbocycles. The highest BCUT2D eigenvalue weighted by atomic mass is 16.2. The van der Waals surface area contributed by atoms with Gasteiger partial charge < -0.3 is 16.0 Å². The van der Waals surface area contributed by atoms with E-state index in [9.17, 15) is 14.9 Å². The summed E-state index contributed by atoms with van der Waals surface area (Å²) in [5.74, 6) is -0.347. The Bertz CT molecular complexity index is 657. The fourth-order valence-electron chi connectivity index (χ4n) is 2.95. The molecule has 0 bridgehead atoms. The molecule has 0 atom stereocenters. The number of hydrogen-bond donors (Lipinski definition) is 3. The number of nitrogens with zero attached hydrogens (tertiary/aromatic N) is 1. The summed E-state index contributed by atoms with van der Waals surface area (Å²) in [7, 11) is 0. The maximum atomic E-state index is 12.2. The molecule has 0 saturated heterocycles. The van der Waals surface area contributed by atoms with Gasteiger partial charge in [0.2, 0.25) is 5.91 Å². The number of anilines is 1. The molecule has 2 amide bonds. The van der Waals surface area contributed by atoms with Crippen LogP contribution in [0.3, 0.4) is 0 Å². The van der Waals surface area contributed by atoms with Crippen LogP contribution in [0.25, 0.3) is 0 Å². The molecule has 6 heteroatoms. The maximum absolute atomic E-state index is 12.2. The van der Waals surface area contributed by atoms with Gasteiger partial charge in [-0.15, -0.1) is 0 Å². The molecule has 0 radical (unpaired) electrons. The van der Waals surface area contributed by atoms with E-state index in [2.05, 4.69) is 22.0 Å². The van der Waals surface area contributed by atoms with E-state index < -0.39 is 5.54 Å². The number of rotatable bonds is 6. The molecule has 6 nitrogen and oxygen atoms in total. The quantitative estimate of drug-likeness (QED) is 0.745. The predicted octanol–water partition coefficient (Wildman–Crippen LogP) is 2.11. The van der Waals surface area contributed by atoms with Gasteiger partial charge in [0.05, 0.1) is 12.6 Å². The van der Waals surface area contributed by atoms with E-state index in [4.69, 9.17) is 0 Å². The molecule has 1 fully saturated rings. The van der Waals surface area contributed by atoms with Crippen LogP contribution in [0.15, 0.2) is 18.2 Å². The molecule has 0 aromatic heterocycles. The Labute approximate surface area is 142 Å². The van der Waals surface area contributed by atoms with Gasteiger partial charge in [0.25, 0.3) is 5.91 Å². The molecule has 0 unspecified atom stereocenters. The van der Waals surface area contributed by atoms with Gasteiger partial charge in [0.15, 0.2) is 0 Å². The van der Waals surface area contributed by atoms with Gasteiger partial charge in [0, 0.05) is 17.8 Å².